The van der Waals surface area contributed by atoms with Gasteiger partial charge in [-0.3, -0.25) is 0 Å². The molecule has 3 heterocycles. The van der Waals surface area contributed by atoms with Crippen molar-refractivity contribution in [1.29, 1.82) is 0 Å². The predicted molar refractivity (Wildman–Crippen MR) is 240 cm³/mol. The van der Waals surface area contributed by atoms with Crippen molar-refractivity contribution in [1.82, 2.24) is 9.13 Å². The lowest BCUT2D eigenvalue weighted by molar-refractivity contribution is 0.669. The molecule has 0 saturated carbocycles. The van der Waals surface area contributed by atoms with Crippen LogP contribution in [0.25, 0.3) is 88.1 Å². The van der Waals surface area contributed by atoms with Crippen LogP contribution >= 0.6 is 0 Å². The first kappa shape index (κ1) is 31.6. The molecule has 12 aromatic rings. The molecular formula is C55H34N2O. The SMILES string of the molecule is c1ccc(-n2c3cc4c(cc3c3c5c(ccc32)oc2ccccc25)c2ccccc2n4-c2ccc3c(c2)C(c2ccccc2)(c2ccccc2)c2ccccc2-3)cc1. The van der Waals surface area contributed by atoms with Gasteiger partial charge in [0.05, 0.1) is 27.5 Å². The normalized spacial score (nSPS) is 13.3. The molecule has 0 amide bonds. The second kappa shape index (κ2) is 11.7. The molecule has 3 nitrogen and oxygen atoms in total. The molecule has 0 saturated heterocycles. The Morgan fingerprint density at radius 1 is 0.328 bits per heavy atom. The predicted octanol–water partition coefficient (Wildman–Crippen LogP) is 14.1. The van der Waals surface area contributed by atoms with Gasteiger partial charge in [-0.1, -0.05) is 146 Å². The average Bonchev–Trinajstić information content (AvgIpc) is 4.01. The van der Waals surface area contributed by atoms with Crippen molar-refractivity contribution in [2.24, 2.45) is 0 Å². The van der Waals surface area contributed by atoms with Crippen LogP contribution in [0.3, 0.4) is 0 Å². The van der Waals surface area contributed by atoms with Gasteiger partial charge in [0.1, 0.15) is 11.2 Å². The third kappa shape index (κ3) is 4.07. The number of fused-ring (bicyclic) bond motifs is 13. The number of rotatable bonds is 4. The lowest BCUT2D eigenvalue weighted by Gasteiger charge is -2.34. The van der Waals surface area contributed by atoms with Crippen molar-refractivity contribution in [3.8, 4) is 22.5 Å². The summed E-state index contributed by atoms with van der Waals surface area (Å²) in [5.41, 5.74) is 15.9. The van der Waals surface area contributed by atoms with Crippen LogP contribution in [0.5, 0.6) is 0 Å². The molecule has 9 aromatic carbocycles. The summed E-state index contributed by atoms with van der Waals surface area (Å²) < 4.78 is 11.4. The molecule has 0 bridgehead atoms. The number of hydrogen-bond donors (Lipinski definition) is 0. The van der Waals surface area contributed by atoms with E-state index >= 15 is 0 Å². The smallest absolute Gasteiger partial charge is 0.136 e. The quantitative estimate of drug-likeness (QED) is 0.176. The summed E-state index contributed by atoms with van der Waals surface area (Å²) in [6, 6.07) is 75.6. The average molecular weight is 739 g/mol. The summed E-state index contributed by atoms with van der Waals surface area (Å²) in [4.78, 5) is 0. The maximum absolute atomic E-state index is 6.47. The van der Waals surface area contributed by atoms with Gasteiger partial charge in [-0.25, -0.2) is 0 Å². The van der Waals surface area contributed by atoms with E-state index in [1.165, 1.54) is 66.0 Å². The highest BCUT2D eigenvalue weighted by Crippen LogP contribution is 2.56. The first-order valence-electron chi connectivity index (χ1n) is 20.0. The van der Waals surface area contributed by atoms with E-state index in [9.17, 15) is 0 Å². The molecule has 13 rings (SSSR count). The Morgan fingerprint density at radius 3 is 1.74 bits per heavy atom. The van der Waals surface area contributed by atoms with Gasteiger partial charge in [-0.2, -0.15) is 0 Å². The van der Waals surface area contributed by atoms with Crippen molar-refractivity contribution in [3.05, 3.63) is 229 Å². The molecule has 0 aliphatic heterocycles. The van der Waals surface area contributed by atoms with Gasteiger partial charge in [0, 0.05) is 43.7 Å². The number of nitrogens with zero attached hydrogens (tertiary/aromatic N) is 2. The van der Waals surface area contributed by atoms with Crippen LogP contribution in [-0.2, 0) is 5.41 Å². The second-order valence-electron chi connectivity index (χ2n) is 15.6. The maximum atomic E-state index is 6.47. The molecule has 1 aliphatic carbocycles. The zero-order chi connectivity index (χ0) is 38.0. The fourth-order valence-corrected chi connectivity index (χ4v) is 10.5. The molecule has 1 aliphatic rings. The van der Waals surface area contributed by atoms with Gasteiger partial charge in [0.15, 0.2) is 0 Å². The number of benzene rings is 9. The molecule has 0 fully saturated rings. The zero-order valence-corrected chi connectivity index (χ0v) is 31.4. The third-order valence-corrected chi connectivity index (χ3v) is 12.8. The van der Waals surface area contributed by atoms with Gasteiger partial charge in [0.2, 0.25) is 0 Å². The molecule has 0 unspecified atom stereocenters. The fourth-order valence-electron chi connectivity index (χ4n) is 10.5. The van der Waals surface area contributed by atoms with Gasteiger partial charge in [0.25, 0.3) is 0 Å². The molecule has 0 N–H and O–H groups in total. The summed E-state index contributed by atoms with van der Waals surface area (Å²) in [6.45, 7) is 0. The molecular weight excluding hydrogens is 705 g/mol. The molecule has 3 heteroatoms. The topological polar surface area (TPSA) is 23.0 Å². The van der Waals surface area contributed by atoms with E-state index in [1.807, 2.05) is 0 Å². The van der Waals surface area contributed by atoms with Gasteiger partial charge in [-0.15, -0.1) is 0 Å². The summed E-state index contributed by atoms with van der Waals surface area (Å²) in [7, 11) is 0. The molecule has 0 spiro atoms. The van der Waals surface area contributed by atoms with Crippen molar-refractivity contribution in [3.63, 3.8) is 0 Å². The molecule has 0 radical (unpaired) electrons. The number of furan rings is 1. The van der Waals surface area contributed by atoms with E-state index in [0.717, 1.165) is 44.3 Å². The van der Waals surface area contributed by atoms with E-state index in [-0.39, 0.29) is 0 Å². The Hall–Kier alpha value is -7.62. The Bertz CT molecular complexity index is 3570. The minimum absolute atomic E-state index is 0.491. The summed E-state index contributed by atoms with van der Waals surface area (Å²) in [6.07, 6.45) is 0. The van der Waals surface area contributed by atoms with Crippen LogP contribution in [0.1, 0.15) is 22.3 Å². The molecule has 3 aromatic heterocycles. The summed E-state index contributed by atoms with van der Waals surface area (Å²) in [5.74, 6) is 0. The Morgan fingerprint density at radius 2 is 0.948 bits per heavy atom. The second-order valence-corrected chi connectivity index (χ2v) is 15.6. The minimum Gasteiger partial charge on any atom is -0.456 e. The van der Waals surface area contributed by atoms with Gasteiger partial charge >= 0.3 is 0 Å². The molecule has 0 atom stereocenters. The number of para-hydroxylation sites is 3. The van der Waals surface area contributed by atoms with Crippen LogP contribution in [0.2, 0.25) is 0 Å². The van der Waals surface area contributed by atoms with E-state index in [1.54, 1.807) is 0 Å². The van der Waals surface area contributed by atoms with Crippen LogP contribution in [-0.4, -0.2) is 9.13 Å². The summed E-state index contributed by atoms with van der Waals surface area (Å²) >= 11 is 0. The lowest BCUT2D eigenvalue weighted by Crippen LogP contribution is -2.28. The van der Waals surface area contributed by atoms with Gasteiger partial charge < -0.3 is 13.6 Å². The molecule has 58 heavy (non-hydrogen) atoms. The van der Waals surface area contributed by atoms with Crippen molar-refractivity contribution < 1.29 is 4.42 Å². The Kier molecular flexibility index (Phi) is 6.37. The van der Waals surface area contributed by atoms with E-state index in [2.05, 4.69) is 215 Å². The number of hydrogen-bond acceptors (Lipinski definition) is 1. The molecule has 270 valence electrons. The highest BCUT2D eigenvalue weighted by atomic mass is 16.3. The highest BCUT2D eigenvalue weighted by molar-refractivity contribution is 6.29. The standard InChI is InChI=1S/C55H34N2O/c1-4-16-35(17-5-1)55(36-18-6-2-7-19-36)45-25-13-10-22-39(45)40-29-28-38(32-46(40)55)57-47-26-14-11-23-41(47)43-33-44-50(34-49(43)57)56(37-20-8-3-9-21-37)48-30-31-52-54(53(44)48)42-24-12-15-27-51(42)58-52/h1-34H. The monoisotopic (exact) mass is 738 g/mol. The number of aromatic nitrogens is 2. The van der Waals surface area contributed by atoms with Crippen LogP contribution in [0.4, 0.5) is 0 Å². The van der Waals surface area contributed by atoms with Gasteiger partial charge in [-0.05, 0) is 94.0 Å². The van der Waals surface area contributed by atoms with E-state index < -0.39 is 5.41 Å². The Labute approximate surface area is 334 Å². The van der Waals surface area contributed by atoms with E-state index in [4.69, 9.17) is 4.42 Å². The third-order valence-electron chi connectivity index (χ3n) is 12.8. The largest absolute Gasteiger partial charge is 0.456 e. The maximum Gasteiger partial charge on any atom is 0.136 e. The fraction of sp³-hybridized carbons (Fsp3) is 0.0182. The minimum atomic E-state index is -0.491. The zero-order valence-electron chi connectivity index (χ0n) is 31.4. The first-order valence-corrected chi connectivity index (χ1v) is 20.0. The van der Waals surface area contributed by atoms with Crippen LogP contribution < -0.4 is 0 Å². The Balaban J connectivity index is 1.16. The van der Waals surface area contributed by atoms with Crippen molar-refractivity contribution in [2.75, 3.05) is 0 Å². The van der Waals surface area contributed by atoms with Crippen molar-refractivity contribution >= 4 is 65.6 Å². The summed E-state index contributed by atoms with van der Waals surface area (Å²) in [5, 5.41) is 7.17. The van der Waals surface area contributed by atoms with E-state index in [0.29, 0.717) is 0 Å². The van der Waals surface area contributed by atoms with Crippen LogP contribution in [0.15, 0.2) is 211 Å². The van der Waals surface area contributed by atoms with Crippen molar-refractivity contribution in [2.45, 2.75) is 5.41 Å². The highest BCUT2D eigenvalue weighted by Gasteiger charge is 2.46. The van der Waals surface area contributed by atoms with Crippen LogP contribution in [0, 0.1) is 0 Å². The lowest BCUT2D eigenvalue weighted by atomic mass is 9.67. The first-order chi connectivity index (χ1) is 28.8.